The van der Waals surface area contributed by atoms with Crippen LogP contribution in [-0.4, -0.2) is 36.9 Å². The Bertz CT molecular complexity index is 99.6. The molecule has 0 N–H and O–H groups in total. The average Bonchev–Trinajstić information content (AvgIpc) is 2.05. The van der Waals surface area contributed by atoms with Crippen molar-refractivity contribution >= 4 is 21.1 Å². The molecule has 0 saturated carbocycles. The molecular weight excluding hydrogens is 172 g/mol. The van der Waals surface area contributed by atoms with Gasteiger partial charge in [0.15, 0.2) is 5.69 Å². The van der Waals surface area contributed by atoms with Crippen molar-refractivity contribution in [1.29, 1.82) is 0 Å². The van der Waals surface area contributed by atoms with E-state index in [0.29, 0.717) is 0 Å². The van der Waals surface area contributed by atoms with E-state index in [4.69, 9.17) is 20.9 Å². The summed E-state index contributed by atoms with van der Waals surface area (Å²) in [4.78, 5) is 2.01. The largest absolute Gasteiger partial charge is 0.379 e. The van der Waals surface area contributed by atoms with Crippen LogP contribution in [0.3, 0.4) is 0 Å². The number of ether oxygens (including phenoxy) is 1. The maximum Gasteiger partial charge on any atom is 0.190 e. The molecule has 0 aromatic rings. The van der Waals surface area contributed by atoms with Gasteiger partial charge in [-0.05, 0) is 0 Å². The molecule has 10 heavy (non-hydrogen) atoms. The van der Waals surface area contributed by atoms with Gasteiger partial charge >= 0.3 is 0 Å². The summed E-state index contributed by atoms with van der Waals surface area (Å²) in [7, 11) is 2.15. The lowest BCUT2D eigenvalue weighted by atomic mass is 10.5. The van der Waals surface area contributed by atoms with Gasteiger partial charge in [-0.1, -0.05) is 11.6 Å². The number of alkyl halides is 1. The molecule has 0 aromatic heterocycles. The van der Waals surface area contributed by atoms with Crippen LogP contribution in [0, 0.1) is 0 Å². The van der Waals surface area contributed by atoms with Crippen LogP contribution in [0.5, 0.6) is 0 Å². The summed E-state index contributed by atoms with van der Waals surface area (Å²) in [5.74, 6) is 0. The fraction of sp³-hybridized carbons (Fsp3) is 1.00. The minimum Gasteiger partial charge on any atom is -0.379 e. The van der Waals surface area contributed by atoms with Crippen molar-refractivity contribution in [3.8, 4) is 0 Å². The molecule has 0 spiro atoms. The van der Waals surface area contributed by atoms with E-state index in [1.54, 1.807) is 0 Å². The highest BCUT2D eigenvalue weighted by molar-refractivity contribution is 7.10. The first kappa shape index (κ1) is 8.69. The van der Waals surface area contributed by atoms with E-state index in [0.717, 1.165) is 26.3 Å². The Morgan fingerprint density at radius 3 is 2.60 bits per heavy atom. The van der Waals surface area contributed by atoms with Crippen molar-refractivity contribution in [2.75, 3.05) is 26.3 Å². The molecule has 3 nitrogen and oxygen atoms in total. The second-order valence-electron chi connectivity index (χ2n) is 2.08. The van der Waals surface area contributed by atoms with Gasteiger partial charge in [0.1, 0.15) is 0 Å². The Morgan fingerprint density at radius 2 is 2.10 bits per heavy atom. The minimum atomic E-state index is -0.325. The van der Waals surface area contributed by atoms with E-state index in [2.05, 4.69) is 9.47 Å². The normalized spacial score (nSPS) is 24.6. The summed E-state index contributed by atoms with van der Waals surface area (Å²) in [5.41, 5.74) is -0.325. The molecule has 0 amide bonds. The lowest BCUT2D eigenvalue weighted by Crippen LogP contribution is -2.41. The highest BCUT2D eigenvalue weighted by atomic mass is 35.5. The number of nitrogens with zero attached hydrogens (tertiary/aromatic N) is 1. The zero-order valence-corrected chi connectivity index (χ0v) is 7.54. The molecule has 0 radical (unpaired) electrons. The van der Waals surface area contributed by atoms with E-state index < -0.39 is 0 Å². The number of rotatable bonds is 2. The first-order valence-corrected chi connectivity index (χ1v) is 4.07. The highest BCUT2D eigenvalue weighted by Gasteiger charge is 2.17. The molecule has 5 heteroatoms. The van der Waals surface area contributed by atoms with Crippen molar-refractivity contribution in [2.24, 2.45) is 0 Å². The van der Waals surface area contributed by atoms with Gasteiger partial charge in [0.2, 0.25) is 0 Å². The van der Waals surface area contributed by atoms with Gasteiger partial charge in [-0.3, -0.25) is 4.90 Å². The Kier molecular flexibility index (Phi) is 3.89. The van der Waals surface area contributed by atoms with Crippen LogP contribution in [0.4, 0.5) is 0 Å². The zero-order chi connectivity index (χ0) is 7.40. The molecule has 1 aliphatic heterocycles. The topological polar surface area (TPSA) is 21.7 Å². The van der Waals surface area contributed by atoms with Crippen molar-refractivity contribution in [3.05, 3.63) is 0 Å². The van der Waals surface area contributed by atoms with E-state index in [1.807, 2.05) is 4.90 Å². The van der Waals surface area contributed by atoms with Crippen molar-refractivity contribution < 1.29 is 9.26 Å². The summed E-state index contributed by atoms with van der Waals surface area (Å²) in [6, 6.07) is 0. The summed E-state index contributed by atoms with van der Waals surface area (Å²) < 4.78 is 9.97. The third kappa shape index (κ3) is 2.33. The lowest BCUT2D eigenvalue weighted by molar-refractivity contribution is -0.00682. The molecule has 0 bridgehead atoms. The summed E-state index contributed by atoms with van der Waals surface area (Å²) in [5, 5.41) is 0. The van der Waals surface area contributed by atoms with Crippen LogP contribution >= 0.6 is 21.1 Å². The molecule has 1 aliphatic rings. The Balaban J connectivity index is 2.24. The summed E-state index contributed by atoms with van der Waals surface area (Å²) in [6.45, 7) is 3.19. The van der Waals surface area contributed by atoms with Crippen molar-refractivity contribution in [2.45, 2.75) is 5.69 Å². The molecule has 2 unspecified atom stereocenters. The van der Waals surface area contributed by atoms with Crippen LogP contribution in [-0.2, 0) is 9.26 Å². The third-order valence-corrected chi connectivity index (χ3v) is 2.25. The predicted octanol–water partition coefficient (Wildman–Crippen LogP) is 0.648. The molecule has 1 heterocycles. The SMILES string of the molecule is POC(Cl)N1CCOCC1. The number of hydrogen-bond acceptors (Lipinski definition) is 3. The molecule has 1 rings (SSSR count). The molecule has 1 fully saturated rings. The van der Waals surface area contributed by atoms with Crippen molar-refractivity contribution in [3.63, 3.8) is 0 Å². The van der Waals surface area contributed by atoms with Crippen LogP contribution in [0.2, 0.25) is 0 Å². The summed E-state index contributed by atoms with van der Waals surface area (Å²) in [6.07, 6.45) is 0. The van der Waals surface area contributed by atoms with Gasteiger partial charge in [-0.25, -0.2) is 0 Å². The second-order valence-corrected chi connectivity index (χ2v) is 2.72. The highest BCUT2D eigenvalue weighted by Crippen LogP contribution is 2.11. The lowest BCUT2D eigenvalue weighted by Gasteiger charge is -2.29. The monoisotopic (exact) mass is 183 g/mol. The predicted molar refractivity (Wildman–Crippen MR) is 42.8 cm³/mol. The number of halogens is 1. The first-order chi connectivity index (χ1) is 4.84. The van der Waals surface area contributed by atoms with Gasteiger partial charge in [0, 0.05) is 22.6 Å². The molecule has 0 aromatic carbocycles. The second kappa shape index (κ2) is 4.47. The van der Waals surface area contributed by atoms with Crippen LogP contribution in [0.1, 0.15) is 0 Å². The number of hydrogen-bond donors (Lipinski definition) is 0. The number of morpholine rings is 1. The van der Waals surface area contributed by atoms with Gasteiger partial charge in [-0.15, -0.1) is 0 Å². The van der Waals surface area contributed by atoms with Crippen LogP contribution in [0.25, 0.3) is 0 Å². The Morgan fingerprint density at radius 1 is 1.50 bits per heavy atom. The smallest absolute Gasteiger partial charge is 0.190 e. The van der Waals surface area contributed by atoms with Gasteiger partial charge in [-0.2, -0.15) is 0 Å². The van der Waals surface area contributed by atoms with Gasteiger partial charge in [0.25, 0.3) is 0 Å². The molecular formula is C5H11ClNO2P. The molecule has 1 saturated heterocycles. The maximum atomic E-state index is 5.77. The van der Waals surface area contributed by atoms with E-state index in [1.165, 1.54) is 0 Å². The zero-order valence-electron chi connectivity index (χ0n) is 5.62. The third-order valence-electron chi connectivity index (χ3n) is 1.45. The maximum absolute atomic E-state index is 5.77. The molecule has 60 valence electrons. The minimum absolute atomic E-state index is 0.325. The van der Waals surface area contributed by atoms with Gasteiger partial charge in [0.05, 0.1) is 13.2 Å². The van der Waals surface area contributed by atoms with Crippen LogP contribution < -0.4 is 0 Å². The average molecular weight is 184 g/mol. The Labute approximate surface area is 67.9 Å². The standard InChI is InChI=1S/C5H11ClNO2P/c6-5(9-10)7-1-3-8-4-2-7/h5H,1-4,10H2. The van der Waals surface area contributed by atoms with E-state index >= 15 is 0 Å². The van der Waals surface area contributed by atoms with Crippen LogP contribution in [0.15, 0.2) is 0 Å². The quantitative estimate of drug-likeness (QED) is 0.357. The van der Waals surface area contributed by atoms with Crippen molar-refractivity contribution in [1.82, 2.24) is 4.90 Å². The molecule has 2 atom stereocenters. The fourth-order valence-electron chi connectivity index (χ4n) is 0.867. The fourth-order valence-corrected chi connectivity index (χ4v) is 1.23. The van der Waals surface area contributed by atoms with E-state index in [-0.39, 0.29) is 5.69 Å². The summed E-state index contributed by atoms with van der Waals surface area (Å²) >= 11 is 5.77. The van der Waals surface area contributed by atoms with Gasteiger partial charge < -0.3 is 9.26 Å². The first-order valence-electron chi connectivity index (χ1n) is 3.16. The van der Waals surface area contributed by atoms with E-state index in [9.17, 15) is 0 Å². The Hall–Kier alpha value is 0.600. The molecule has 0 aliphatic carbocycles.